The zero-order chi connectivity index (χ0) is 20.8. The Labute approximate surface area is 174 Å². The number of nitrogens with one attached hydrogen (secondary N) is 1. The van der Waals surface area contributed by atoms with Crippen molar-refractivity contribution in [1.29, 1.82) is 0 Å². The SMILES string of the molecule is CCCNC(=O)CN(C)C(=O)COC(=O)c1c(-n2cccc2)sc2c1CCCC2. The molecule has 0 saturated carbocycles. The lowest BCUT2D eigenvalue weighted by molar-refractivity contribution is -0.137. The summed E-state index contributed by atoms with van der Waals surface area (Å²) >= 11 is 1.62. The summed E-state index contributed by atoms with van der Waals surface area (Å²) in [5.41, 5.74) is 1.62. The zero-order valence-corrected chi connectivity index (χ0v) is 17.7. The number of rotatable bonds is 8. The minimum absolute atomic E-state index is 0.0567. The molecule has 2 aromatic rings. The molecule has 1 N–H and O–H groups in total. The first-order valence-corrected chi connectivity index (χ1v) is 10.8. The molecule has 2 amide bonds. The van der Waals surface area contributed by atoms with Crippen LogP contribution >= 0.6 is 11.3 Å². The number of thiophene rings is 1. The number of hydrogen-bond donors (Lipinski definition) is 1. The van der Waals surface area contributed by atoms with Crippen LogP contribution in [0.25, 0.3) is 5.00 Å². The first-order valence-electron chi connectivity index (χ1n) is 9.97. The van der Waals surface area contributed by atoms with Gasteiger partial charge in [0.1, 0.15) is 5.00 Å². The highest BCUT2D eigenvalue weighted by Crippen LogP contribution is 2.37. The van der Waals surface area contributed by atoms with Gasteiger partial charge in [-0.2, -0.15) is 0 Å². The van der Waals surface area contributed by atoms with E-state index in [9.17, 15) is 14.4 Å². The second-order valence-corrected chi connectivity index (χ2v) is 8.24. The van der Waals surface area contributed by atoms with Crippen molar-refractivity contribution in [3.63, 3.8) is 0 Å². The summed E-state index contributed by atoms with van der Waals surface area (Å²) in [6.45, 7) is 2.09. The van der Waals surface area contributed by atoms with Gasteiger partial charge < -0.3 is 19.5 Å². The van der Waals surface area contributed by atoms with Crippen molar-refractivity contribution in [3.05, 3.63) is 40.5 Å². The van der Waals surface area contributed by atoms with E-state index in [2.05, 4.69) is 5.32 Å². The number of nitrogens with zero attached hydrogens (tertiary/aromatic N) is 2. The van der Waals surface area contributed by atoms with Crippen LogP contribution in [0.5, 0.6) is 0 Å². The Bertz CT molecular complexity index is 873. The summed E-state index contributed by atoms with van der Waals surface area (Å²) in [7, 11) is 1.53. The summed E-state index contributed by atoms with van der Waals surface area (Å²) in [6, 6.07) is 3.83. The fourth-order valence-corrected chi connectivity index (χ4v) is 4.69. The van der Waals surface area contributed by atoms with Crippen LogP contribution in [-0.4, -0.2) is 54.0 Å². The van der Waals surface area contributed by atoms with Gasteiger partial charge in [0.2, 0.25) is 5.91 Å². The third-order valence-electron chi connectivity index (χ3n) is 4.90. The van der Waals surface area contributed by atoms with Gasteiger partial charge in [-0.15, -0.1) is 11.3 Å². The largest absolute Gasteiger partial charge is 0.452 e. The van der Waals surface area contributed by atoms with Gasteiger partial charge in [0, 0.05) is 30.9 Å². The molecule has 0 spiro atoms. The Kier molecular flexibility index (Phi) is 7.09. The third kappa shape index (κ3) is 5.06. The molecule has 7 nitrogen and oxygen atoms in total. The number of likely N-dealkylation sites (N-methyl/N-ethyl adjacent to an activating group) is 1. The molecule has 0 unspecified atom stereocenters. The number of carbonyl (C=O) groups is 3. The van der Waals surface area contributed by atoms with Crippen LogP contribution in [0.2, 0.25) is 0 Å². The second-order valence-electron chi connectivity index (χ2n) is 7.16. The van der Waals surface area contributed by atoms with E-state index in [4.69, 9.17) is 4.74 Å². The molecular weight excluding hydrogens is 390 g/mol. The van der Waals surface area contributed by atoms with Crippen molar-refractivity contribution in [3.8, 4) is 5.00 Å². The van der Waals surface area contributed by atoms with Crippen molar-refractivity contribution >= 4 is 29.1 Å². The van der Waals surface area contributed by atoms with Gasteiger partial charge in [0.05, 0.1) is 12.1 Å². The van der Waals surface area contributed by atoms with E-state index in [-0.39, 0.29) is 19.1 Å². The van der Waals surface area contributed by atoms with Crippen LogP contribution in [0.1, 0.15) is 47.0 Å². The number of fused-ring (bicyclic) bond motifs is 1. The number of amides is 2. The molecule has 1 aliphatic carbocycles. The molecule has 0 aliphatic heterocycles. The number of hydrogen-bond acceptors (Lipinski definition) is 5. The molecule has 0 atom stereocenters. The quantitative estimate of drug-likeness (QED) is 0.670. The van der Waals surface area contributed by atoms with Gasteiger partial charge in [-0.1, -0.05) is 6.92 Å². The van der Waals surface area contributed by atoms with Crippen molar-refractivity contribution in [1.82, 2.24) is 14.8 Å². The standard InChI is InChI=1S/C21H27N3O4S/c1-3-10-22-17(25)13-23(2)18(26)14-28-21(27)19-15-8-4-5-9-16(15)29-20(19)24-11-6-7-12-24/h6-7,11-12H,3-5,8-10,13-14H2,1-2H3,(H,22,25). The molecule has 1 aliphatic rings. The molecule has 156 valence electrons. The maximum atomic E-state index is 12.9. The number of esters is 1. The summed E-state index contributed by atoms with van der Waals surface area (Å²) in [4.78, 5) is 39.5. The Morgan fingerprint density at radius 3 is 2.66 bits per heavy atom. The van der Waals surface area contributed by atoms with Crippen molar-refractivity contribution in [2.24, 2.45) is 0 Å². The summed E-state index contributed by atoms with van der Waals surface area (Å²) in [6.07, 6.45) is 8.62. The molecule has 8 heteroatoms. The highest BCUT2D eigenvalue weighted by atomic mass is 32.1. The van der Waals surface area contributed by atoms with Gasteiger partial charge >= 0.3 is 5.97 Å². The minimum atomic E-state index is -0.481. The average Bonchev–Trinajstić information content (AvgIpc) is 3.37. The van der Waals surface area contributed by atoms with E-state index >= 15 is 0 Å². The molecule has 0 saturated heterocycles. The highest BCUT2D eigenvalue weighted by molar-refractivity contribution is 7.15. The van der Waals surface area contributed by atoms with Gasteiger partial charge in [0.15, 0.2) is 6.61 Å². The predicted octanol–water partition coefficient (Wildman–Crippen LogP) is 2.56. The number of aryl methyl sites for hydroxylation is 1. The molecule has 2 heterocycles. The number of ether oxygens (including phenoxy) is 1. The predicted molar refractivity (Wildman–Crippen MR) is 112 cm³/mol. The molecule has 0 aromatic carbocycles. The van der Waals surface area contributed by atoms with Crippen molar-refractivity contribution in [2.45, 2.75) is 39.0 Å². The van der Waals surface area contributed by atoms with E-state index in [1.807, 2.05) is 36.0 Å². The van der Waals surface area contributed by atoms with Crippen LogP contribution in [0.4, 0.5) is 0 Å². The molecule has 0 bridgehead atoms. The van der Waals surface area contributed by atoms with Crippen LogP contribution in [0.15, 0.2) is 24.5 Å². The fourth-order valence-electron chi connectivity index (χ4n) is 3.35. The van der Waals surface area contributed by atoms with Crippen LogP contribution < -0.4 is 5.32 Å². The Morgan fingerprint density at radius 2 is 1.93 bits per heavy atom. The fraction of sp³-hybridized carbons (Fsp3) is 0.476. The molecule has 2 aromatic heterocycles. The average molecular weight is 418 g/mol. The van der Waals surface area contributed by atoms with Gasteiger partial charge in [-0.25, -0.2) is 4.79 Å². The van der Waals surface area contributed by atoms with Crippen molar-refractivity contribution < 1.29 is 19.1 Å². The minimum Gasteiger partial charge on any atom is -0.452 e. The lowest BCUT2D eigenvalue weighted by atomic mass is 9.95. The first-order chi connectivity index (χ1) is 14.0. The van der Waals surface area contributed by atoms with Crippen molar-refractivity contribution in [2.75, 3.05) is 26.7 Å². The topological polar surface area (TPSA) is 80.6 Å². The molecule has 3 rings (SSSR count). The Balaban J connectivity index is 1.67. The second kappa shape index (κ2) is 9.73. The van der Waals surface area contributed by atoms with Crippen LogP contribution in [0, 0.1) is 0 Å². The number of aromatic nitrogens is 1. The lowest BCUT2D eigenvalue weighted by Crippen LogP contribution is -2.40. The summed E-state index contributed by atoms with van der Waals surface area (Å²) in [5.74, 6) is -1.11. The maximum Gasteiger partial charge on any atom is 0.341 e. The normalized spacial score (nSPS) is 12.9. The van der Waals surface area contributed by atoms with E-state index in [1.54, 1.807) is 11.3 Å². The van der Waals surface area contributed by atoms with E-state index in [0.717, 1.165) is 42.7 Å². The van der Waals surface area contributed by atoms with Gasteiger partial charge in [-0.3, -0.25) is 9.59 Å². The summed E-state index contributed by atoms with van der Waals surface area (Å²) < 4.78 is 7.29. The maximum absolute atomic E-state index is 12.9. The van der Waals surface area contributed by atoms with E-state index < -0.39 is 11.9 Å². The van der Waals surface area contributed by atoms with E-state index in [0.29, 0.717) is 12.1 Å². The summed E-state index contributed by atoms with van der Waals surface area (Å²) in [5, 5.41) is 3.56. The first kappa shape index (κ1) is 21.1. The Hall–Kier alpha value is -2.61. The van der Waals surface area contributed by atoms with Crippen LogP contribution in [-0.2, 0) is 27.2 Å². The lowest BCUT2D eigenvalue weighted by Gasteiger charge is -2.17. The Morgan fingerprint density at radius 1 is 1.21 bits per heavy atom. The molecular formula is C21H27N3O4S. The highest BCUT2D eigenvalue weighted by Gasteiger charge is 2.28. The monoisotopic (exact) mass is 417 g/mol. The van der Waals surface area contributed by atoms with Gasteiger partial charge in [0.25, 0.3) is 5.91 Å². The molecule has 0 radical (unpaired) electrons. The zero-order valence-electron chi connectivity index (χ0n) is 16.9. The molecule has 29 heavy (non-hydrogen) atoms. The third-order valence-corrected chi connectivity index (χ3v) is 6.21. The smallest absolute Gasteiger partial charge is 0.341 e. The number of carbonyl (C=O) groups excluding carboxylic acids is 3. The van der Waals surface area contributed by atoms with E-state index in [1.165, 1.54) is 16.8 Å². The molecule has 0 fully saturated rings. The van der Waals surface area contributed by atoms with Crippen LogP contribution in [0.3, 0.4) is 0 Å². The van der Waals surface area contributed by atoms with Gasteiger partial charge in [-0.05, 0) is 49.8 Å².